The quantitative estimate of drug-likeness (QED) is 0.405. The van der Waals surface area contributed by atoms with Crippen molar-refractivity contribution < 1.29 is 14.3 Å². The minimum absolute atomic E-state index is 0.0394. The van der Waals surface area contributed by atoms with Crippen molar-refractivity contribution in [3.05, 3.63) is 88.2 Å². The van der Waals surface area contributed by atoms with Gasteiger partial charge in [0.15, 0.2) is 12.4 Å². The van der Waals surface area contributed by atoms with Gasteiger partial charge in [-0.3, -0.25) is 9.59 Å². The predicted octanol–water partition coefficient (Wildman–Crippen LogP) is 4.76. The Bertz CT molecular complexity index is 1160. The summed E-state index contributed by atoms with van der Waals surface area (Å²) in [5, 5.41) is 6.19. The Morgan fingerprint density at radius 1 is 1.10 bits per heavy atom. The summed E-state index contributed by atoms with van der Waals surface area (Å²) < 4.78 is 5.57. The van der Waals surface area contributed by atoms with Crippen molar-refractivity contribution >= 4 is 33.9 Å². The number of benzene rings is 2. The normalized spacial score (nSPS) is 11.9. The third-order valence-corrected chi connectivity index (χ3v) is 5.98. The lowest BCUT2D eigenvalue weighted by Gasteiger charge is -2.16. The zero-order valence-electron chi connectivity index (χ0n) is 16.6. The van der Waals surface area contributed by atoms with E-state index in [2.05, 4.69) is 22.4 Å². The molecule has 0 saturated carbocycles. The summed E-state index contributed by atoms with van der Waals surface area (Å²) in [4.78, 5) is 28.4. The number of ether oxygens (including phenoxy) is 1. The third kappa shape index (κ3) is 4.44. The van der Waals surface area contributed by atoms with Crippen LogP contribution in [0.15, 0.2) is 72.2 Å². The topological polar surface area (TPSA) is 71.2 Å². The van der Waals surface area contributed by atoms with Crippen molar-refractivity contribution in [1.29, 1.82) is 0 Å². The molecule has 2 aromatic heterocycles. The van der Waals surface area contributed by atoms with Gasteiger partial charge in [0.25, 0.3) is 5.91 Å². The van der Waals surface area contributed by atoms with Gasteiger partial charge in [-0.05, 0) is 42.1 Å². The number of aromatic amines is 1. The molecule has 0 saturated heterocycles. The van der Waals surface area contributed by atoms with Gasteiger partial charge in [-0.1, -0.05) is 36.4 Å². The molecule has 0 aliphatic carbocycles. The molecule has 0 aliphatic heterocycles. The summed E-state index contributed by atoms with van der Waals surface area (Å²) in [6, 6.07) is 19.1. The highest BCUT2D eigenvalue weighted by molar-refractivity contribution is 7.10. The second-order valence-corrected chi connectivity index (χ2v) is 8.01. The number of Topliss-reactive ketones (excluding diaryl/α,β-unsaturated/α-hetero) is 1. The Hall–Kier alpha value is -3.38. The Kier molecular flexibility index (Phi) is 5.95. The van der Waals surface area contributed by atoms with E-state index >= 15 is 0 Å². The van der Waals surface area contributed by atoms with Crippen molar-refractivity contribution in [1.82, 2.24) is 10.3 Å². The van der Waals surface area contributed by atoms with Crippen LogP contribution in [0, 0.1) is 0 Å². The summed E-state index contributed by atoms with van der Waals surface area (Å²) in [7, 11) is 0. The maximum Gasteiger partial charge on any atom is 0.257 e. The van der Waals surface area contributed by atoms with E-state index in [1.807, 2.05) is 35.8 Å². The average Bonchev–Trinajstić information content (AvgIpc) is 3.44. The minimum Gasteiger partial charge on any atom is -0.484 e. The smallest absolute Gasteiger partial charge is 0.257 e. The van der Waals surface area contributed by atoms with Crippen LogP contribution in [0.5, 0.6) is 5.75 Å². The van der Waals surface area contributed by atoms with Crippen LogP contribution in [0.4, 0.5) is 0 Å². The first-order valence-electron chi connectivity index (χ1n) is 9.71. The van der Waals surface area contributed by atoms with Gasteiger partial charge in [0.2, 0.25) is 0 Å². The van der Waals surface area contributed by atoms with Crippen LogP contribution in [-0.4, -0.2) is 29.8 Å². The van der Waals surface area contributed by atoms with Gasteiger partial charge >= 0.3 is 0 Å². The minimum atomic E-state index is -0.204. The lowest BCUT2D eigenvalue weighted by atomic mass is 9.96. The van der Waals surface area contributed by atoms with Crippen molar-refractivity contribution in [2.75, 3.05) is 13.2 Å². The number of ketones is 1. The monoisotopic (exact) mass is 418 g/mol. The second-order valence-electron chi connectivity index (χ2n) is 7.03. The van der Waals surface area contributed by atoms with E-state index < -0.39 is 0 Å². The number of hydrogen-bond donors (Lipinski definition) is 2. The van der Waals surface area contributed by atoms with Crippen LogP contribution in [0.1, 0.15) is 33.6 Å². The zero-order valence-corrected chi connectivity index (χ0v) is 17.4. The molecule has 4 aromatic rings. The first-order valence-corrected chi connectivity index (χ1v) is 10.6. The van der Waals surface area contributed by atoms with E-state index in [0.29, 0.717) is 17.9 Å². The van der Waals surface area contributed by atoms with E-state index in [1.54, 1.807) is 35.6 Å². The van der Waals surface area contributed by atoms with Crippen LogP contribution in [0.3, 0.4) is 0 Å². The highest BCUT2D eigenvalue weighted by Crippen LogP contribution is 2.32. The fourth-order valence-corrected chi connectivity index (χ4v) is 4.30. The number of thiophene rings is 1. The zero-order chi connectivity index (χ0) is 20.9. The number of para-hydroxylation sites is 1. The van der Waals surface area contributed by atoms with E-state index in [9.17, 15) is 9.59 Å². The van der Waals surface area contributed by atoms with Gasteiger partial charge in [-0.15, -0.1) is 11.3 Å². The van der Waals surface area contributed by atoms with Crippen LogP contribution >= 0.6 is 11.3 Å². The van der Waals surface area contributed by atoms with Crippen molar-refractivity contribution in [3.63, 3.8) is 0 Å². The summed E-state index contributed by atoms with van der Waals surface area (Å²) in [5.41, 5.74) is 2.79. The van der Waals surface area contributed by atoms with E-state index in [0.717, 1.165) is 16.5 Å². The summed E-state index contributed by atoms with van der Waals surface area (Å²) in [6.07, 6.45) is 2.02. The van der Waals surface area contributed by atoms with Crippen LogP contribution in [-0.2, 0) is 4.79 Å². The highest BCUT2D eigenvalue weighted by atomic mass is 32.1. The summed E-state index contributed by atoms with van der Waals surface area (Å²) in [5.74, 6) is 0.308. The molecule has 0 aliphatic rings. The molecule has 0 fully saturated rings. The molecule has 5 nitrogen and oxygen atoms in total. The number of amides is 1. The first-order chi connectivity index (χ1) is 14.6. The first kappa shape index (κ1) is 19.9. The van der Waals surface area contributed by atoms with Gasteiger partial charge in [-0.2, -0.15) is 0 Å². The van der Waals surface area contributed by atoms with Crippen molar-refractivity contribution in [2.24, 2.45) is 0 Å². The maximum atomic E-state index is 12.4. The summed E-state index contributed by atoms with van der Waals surface area (Å²) in [6.45, 7) is 1.87. The Balaban J connectivity index is 1.44. The second kappa shape index (κ2) is 8.97. The van der Waals surface area contributed by atoms with Crippen molar-refractivity contribution in [3.8, 4) is 5.75 Å². The largest absolute Gasteiger partial charge is 0.484 e. The third-order valence-electron chi connectivity index (χ3n) is 5.00. The van der Waals surface area contributed by atoms with E-state index in [-0.39, 0.29) is 24.2 Å². The Morgan fingerprint density at radius 3 is 2.77 bits per heavy atom. The average molecular weight is 419 g/mol. The number of H-pyrrole nitrogens is 1. The van der Waals surface area contributed by atoms with E-state index in [4.69, 9.17) is 4.74 Å². The number of fused-ring (bicyclic) bond motifs is 1. The molecule has 0 radical (unpaired) electrons. The molecule has 2 N–H and O–H groups in total. The number of hydrogen-bond acceptors (Lipinski definition) is 4. The fourth-order valence-electron chi connectivity index (χ4n) is 3.46. The fraction of sp³-hybridized carbons (Fsp3) is 0.167. The Labute approximate surface area is 178 Å². The SMILES string of the molecule is CC(=O)c1cccc(OCC(=O)NCC(c2cccs2)c2c[nH]c3ccccc23)c1. The lowest BCUT2D eigenvalue weighted by Crippen LogP contribution is -2.32. The number of rotatable bonds is 8. The molecule has 4 rings (SSSR count). The molecule has 1 amide bonds. The molecule has 1 atom stereocenters. The lowest BCUT2D eigenvalue weighted by molar-refractivity contribution is -0.123. The molecular weight excluding hydrogens is 396 g/mol. The van der Waals surface area contributed by atoms with Crippen LogP contribution < -0.4 is 10.1 Å². The number of nitrogens with one attached hydrogen (secondary N) is 2. The maximum absolute atomic E-state index is 12.4. The van der Waals surface area contributed by atoms with Crippen LogP contribution in [0.25, 0.3) is 10.9 Å². The molecular formula is C24H22N2O3S. The van der Waals surface area contributed by atoms with Gasteiger partial charge in [0.1, 0.15) is 5.75 Å². The molecule has 1 unspecified atom stereocenters. The van der Waals surface area contributed by atoms with Gasteiger partial charge in [0.05, 0.1) is 0 Å². The van der Waals surface area contributed by atoms with E-state index in [1.165, 1.54) is 11.8 Å². The molecule has 0 spiro atoms. The molecule has 2 heterocycles. The van der Waals surface area contributed by atoms with Gasteiger partial charge < -0.3 is 15.0 Å². The molecule has 30 heavy (non-hydrogen) atoms. The molecule has 152 valence electrons. The van der Waals surface area contributed by atoms with Crippen molar-refractivity contribution in [2.45, 2.75) is 12.8 Å². The Morgan fingerprint density at radius 2 is 1.97 bits per heavy atom. The number of carbonyl (C=O) groups is 2. The highest BCUT2D eigenvalue weighted by Gasteiger charge is 2.20. The number of carbonyl (C=O) groups excluding carboxylic acids is 2. The van der Waals surface area contributed by atoms with Gasteiger partial charge in [0, 0.05) is 40.0 Å². The predicted molar refractivity (Wildman–Crippen MR) is 119 cm³/mol. The van der Waals surface area contributed by atoms with Gasteiger partial charge in [-0.25, -0.2) is 0 Å². The standard InChI is InChI=1S/C24H22N2O3S/c1-16(27)17-6-4-7-18(12-17)29-15-24(28)26-14-21(23-10-5-11-30-23)20-13-25-22-9-3-2-8-19(20)22/h2-13,21,25H,14-15H2,1H3,(H,26,28). The molecule has 0 bridgehead atoms. The molecule has 2 aromatic carbocycles. The van der Waals surface area contributed by atoms with Crippen LogP contribution in [0.2, 0.25) is 0 Å². The molecule has 6 heteroatoms. The number of aromatic nitrogens is 1. The summed E-state index contributed by atoms with van der Waals surface area (Å²) >= 11 is 1.68.